The van der Waals surface area contributed by atoms with Gasteiger partial charge in [-0.3, -0.25) is 4.79 Å². The molecule has 2 heterocycles. The van der Waals surface area contributed by atoms with Crippen molar-refractivity contribution in [3.05, 3.63) is 0 Å². The van der Waals surface area contributed by atoms with Crippen molar-refractivity contribution in [1.29, 1.82) is 0 Å². The average molecular weight is 307 g/mol. The third-order valence-electron chi connectivity index (χ3n) is 4.06. The molecule has 0 aromatic heterocycles. The molecule has 0 aromatic carbocycles. The van der Waals surface area contributed by atoms with Crippen molar-refractivity contribution in [3.63, 3.8) is 0 Å². The van der Waals surface area contributed by atoms with Crippen LogP contribution in [0.5, 0.6) is 0 Å². The quantitative estimate of drug-likeness (QED) is 0.794. The standard InChI is InChI=1S/C14H26N2O3.ClH/c1-11(12-3-2-4-15-8-12)7-14(17)16-9-13-10-18-5-6-19-13;/h11-13,15H,2-10H2,1H3,(H,16,17);1H. The minimum atomic E-state index is 0. The Bertz CT molecular complexity index is 280. The van der Waals surface area contributed by atoms with Gasteiger partial charge in [-0.25, -0.2) is 0 Å². The Labute approximate surface area is 127 Å². The molecule has 2 rings (SSSR count). The number of piperidine rings is 1. The van der Waals surface area contributed by atoms with E-state index >= 15 is 0 Å². The fourth-order valence-corrected chi connectivity index (χ4v) is 2.78. The van der Waals surface area contributed by atoms with Crippen molar-refractivity contribution in [2.45, 2.75) is 32.3 Å². The lowest BCUT2D eigenvalue weighted by atomic mass is 9.85. The summed E-state index contributed by atoms with van der Waals surface area (Å²) in [7, 11) is 0. The van der Waals surface area contributed by atoms with E-state index in [1.807, 2.05) is 0 Å². The van der Waals surface area contributed by atoms with Crippen LogP contribution in [0.3, 0.4) is 0 Å². The third kappa shape index (κ3) is 5.95. The predicted molar refractivity (Wildman–Crippen MR) is 80.2 cm³/mol. The highest BCUT2D eigenvalue weighted by molar-refractivity contribution is 5.85. The minimum absolute atomic E-state index is 0. The zero-order valence-corrected chi connectivity index (χ0v) is 13.0. The molecule has 6 heteroatoms. The zero-order valence-electron chi connectivity index (χ0n) is 12.2. The smallest absolute Gasteiger partial charge is 0.220 e. The Balaban J connectivity index is 0.00000200. The molecule has 2 N–H and O–H groups in total. The lowest BCUT2D eigenvalue weighted by Gasteiger charge is -2.28. The molecule has 0 bridgehead atoms. The highest BCUT2D eigenvalue weighted by Gasteiger charge is 2.22. The first-order valence-corrected chi connectivity index (χ1v) is 7.42. The lowest BCUT2D eigenvalue weighted by molar-refractivity contribution is -0.125. The molecule has 0 radical (unpaired) electrons. The predicted octanol–water partition coefficient (Wildman–Crippen LogP) is 0.966. The van der Waals surface area contributed by atoms with Gasteiger partial charge < -0.3 is 20.1 Å². The molecule has 2 fully saturated rings. The second-order valence-electron chi connectivity index (χ2n) is 5.66. The number of halogens is 1. The molecule has 1 amide bonds. The van der Waals surface area contributed by atoms with Crippen molar-refractivity contribution in [2.75, 3.05) is 39.5 Å². The molecular weight excluding hydrogens is 280 g/mol. The maximum Gasteiger partial charge on any atom is 0.220 e. The Morgan fingerprint density at radius 1 is 1.45 bits per heavy atom. The highest BCUT2D eigenvalue weighted by atomic mass is 35.5. The fourth-order valence-electron chi connectivity index (χ4n) is 2.78. The second kappa shape index (κ2) is 9.55. The van der Waals surface area contributed by atoms with Crippen LogP contribution in [0.1, 0.15) is 26.2 Å². The maximum atomic E-state index is 11.9. The van der Waals surface area contributed by atoms with Gasteiger partial charge in [-0.2, -0.15) is 0 Å². The van der Waals surface area contributed by atoms with Gasteiger partial charge in [0.1, 0.15) is 0 Å². The Morgan fingerprint density at radius 2 is 2.30 bits per heavy atom. The van der Waals surface area contributed by atoms with Gasteiger partial charge in [-0.15, -0.1) is 12.4 Å². The summed E-state index contributed by atoms with van der Waals surface area (Å²) in [6.07, 6.45) is 3.09. The molecule has 3 unspecified atom stereocenters. The monoisotopic (exact) mass is 306 g/mol. The van der Waals surface area contributed by atoms with Crippen LogP contribution in [0.15, 0.2) is 0 Å². The second-order valence-corrected chi connectivity index (χ2v) is 5.66. The molecule has 20 heavy (non-hydrogen) atoms. The first-order chi connectivity index (χ1) is 9.25. The van der Waals surface area contributed by atoms with Crippen molar-refractivity contribution in [2.24, 2.45) is 11.8 Å². The number of nitrogens with one attached hydrogen (secondary N) is 2. The maximum absolute atomic E-state index is 11.9. The first-order valence-electron chi connectivity index (χ1n) is 7.42. The van der Waals surface area contributed by atoms with E-state index < -0.39 is 0 Å². The van der Waals surface area contributed by atoms with Gasteiger partial charge in [-0.1, -0.05) is 6.92 Å². The molecule has 0 aromatic rings. The molecule has 5 nitrogen and oxygen atoms in total. The van der Waals surface area contributed by atoms with Gasteiger partial charge in [0.05, 0.1) is 25.9 Å². The Kier molecular flexibility index (Phi) is 8.45. The zero-order chi connectivity index (χ0) is 13.5. The summed E-state index contributed by atoms with van der Waals surface area (Å²) in [4.78, 5) is 11.9. The van der Waals surface area contributed by atoms with Crippen LogP contribution in [0.25, 0.3) is 0 Å². The molecule has 0 aliphatic carbocycles. The third-order valence-corrected chi connectivity index (χ3v) is 4.06. The molecule has 3 atom stereocenters. The van der Waals surface area contributed by atoms with Crippen LogP contribution in [0.4, 0.5) is 0 Å². The number of hydrogen-bond donors (Lipinski definition) is 2. The Hall–Kier alpha value is -0.360. The summed E-state index contributed by atoms with van der Waals surface area (Å²) in [5.74, 6) is 1.21. The molecule has 0 saturated carbocycles. The summed E-state index contributed by atoms with van der Waals surface area (Å²) in [6, 6.07) is 0. The van der Waals surface area contributed by atoms with Crippen LogP contribution >= 0.6 is 12.4 Å². The Morgan fingerprint density at radius 3 is 2.95 bits per heavy atom. The van der Waals surface area contributed by atoms with E-state index in [0.29, 0.717) is 44.6 Å². The molecule has 2 aliphatic heterocycles. The van der Waals surface area contributed by atoms with E-state index in [4.69, 9.17) is 9.47 Å². The number of carbonyl (C=O) groups excluding carboxylic acids is 1. The van der Waals surface area contributed by atoms with E-state index in [2.05, 4.69) is 17.6 Å². The summed E-state index contributed by atoms with van der Waals surface area (Å²) in [5, 5.41) is 6.36. The number of hydrogen-bond acceptors (Lipinski definition) is 4. The van der Waals surface area contributed by atoms with Gasteiger partial charge in [-0.05, 0) is 37.8 Å². The van der Waals surface area contributed by atoms with E-state index in [-0.39, 0.29) is 24.4 Å². The minimum Gasteiger partial charge on any atom is -0.376 e. The fraction of sp³-hybridized carbons (Fsp3) is 0.929. The molecule has 2 aliphatic rings. The number of amides is 1. The molecule has 0 spiro atoms. The van der Waals surface area contributed by atoms with E-state index in [0.717, 1.165) is 13.1 Å². The lowest BCUT2D eigenvalue weighted by Crippen LogP contribution is -2.41. The van der Waals surface area contributed by atoms with Crippen LogP contribution in [0, 0.1) is 11.8 Å². The number of rotatable bonds is 5. The van der Waals surface area contributed by atoms with Crippen molar-refractivity contribution < 1.29 is 14.3 Å². The first kappa shape index (κ1) is 17.7. The van der Waals surface area contributed by atoms with E-state index in [9.17, 15) is 4.79 Å². The van der Waals surface area contributed by atoms with E-state index in [1.54, 1.807) is 0 Å². The van der Waals surface area contributed by atoms with Gasteiger partial charge in [0.25, 0.3) is 0 Å². The SMILES string of the molecule is CC(CC(=O)NCC1COCCO1)C1CCCNC1.Cl. The summed E-state index contributed by atoms with van der Waals surface area (Å²) < 4.78 is 10.8. The van der Waals surface area contributed by atoms with Crippen LogP contribution in [0.2, 0.25) is 0 Å². The summed E-state index contributed by atoms with van der Waals surface area (Å²) in [5.41, 5.74) is 0. The van der Waals surface area contributed by atoms with Gasteiger partial charge in [0, 0.05) is 13.0 Å². The van der Waals surface area contributed by atoms with Gasteiger partial charge in [0.15, 0.2) is 0 Å². The molecule has 118 valence electrons. The normalized spacial score (nSPS) is 28.2. The van der Waals surface area contributed by atoms with Crippen LogP contribution in [-0.4, -0.2) is 51.5 Å². The van der Waals surface area contributed by atoms with Crippen molar-refractivity contribution in [3.8, 4) is 0 Å². The van der Waals surface area contributed by atoms with Gasteiger partial charge >= 0.3 is 0 Å². The largest absolute Gasteiger partial charge is 0.376 e. The van der Waals surface area contributed by atoms with Crippen LogP contribution < -0.4 is 10.6 Å². The van der Waals surface area contributed by atoms with Crippen molar-refractivity contribution >= 4 is 18.3 Å². The number of ether oxygens (including phenoxy) is 2. The number of carbonyl (C=O) groups is 1. The van der Waals surface area contributed by atoms with E-state index in [1.165, 1.54) is 12.8 Å². The topological polar surface area (TPSA) is 59.6 Å². The van der Waals surface area contributed by atoms with Crippen molar-refractivity contribution in [1.82, 2.24) is 10.6 Å². The molecule has 2 saturated heterocycles. The average Bonchev–Trinajstić information content (AvgIpc) is 2.47. The van der Waals surface area contributed by atoms with Gasteiger partial charge in [0.2, 0.25) is 5.91 Å². The molecular formula is C14H27ClN2O3. The summed E-state index contributed by atoms with van der Waals surface area (Å²) in [6.45, 7) is 6.79. The highest BCUT2D eigenvalue weighted by Crippen LogP contribution is 2.22. The van der Waals surface area contributed by atoms with Crippen LogP contribution in [-0.2, 0) is 14.3 Å². The summed E-state index contributed by atoms with van der Waals surface area (Å²) >= 11 is 0.